The maximum absolute atomic E-state index is 5.66. The molecule has 5 heteroatoms. The van der Waals surface area contributed by atoms with Crippen molar-refractivity contribution < 1.29 is 0 Å². The molecule has 1 unspecified atom stereocenters. The summed E-state index contributed by atoms with van der Waals surface area (Å²) in [6.07, 6.45) is 2.67. The van der Waals surface area contributed by atoms with Gasteiger partial charge in [0.15, 0.2) is 0 Å². The van der Waals surface area contributed by atoms with Gasteiger partial charge in [-0.1, -0.05) is 6.92 Å². The first-order chi connectivity index (χ1) is 6.13. The van der Waals surface area contributed by atoms with Crippen LogP contribution in [0.4, 0.5) is 5.82 Å². The molecule has 0 saturated heterocycles. The molecule has 13 heavy (non-hydrogen) atoms. The zero-order valence-electron chi connectivity index (χ0n) is 7.51. The molecule has 0 saturated carbocycles. The highest BCUT2D eigenvalue weighted by molar-refractivity contribution is 9.10. The van der Waals surface area contributed by atoms with Gasteiger partial charge in [0, 0.05) is 12.2 Å². The van der Waals surface area contributed by atoms with Gasteiger partial charge in [-0.2, -0.15) is 4.98 Å². The first kappa shape index (κ1) is 10.7. The Balaban J connectivity index is 2.81. The van der Waals surface area contributed by atoms with E-state index in [9.17, 15) is 0 Å². The smallest absolute Gasteiger partial charge is 0.224 e. The number of rotatable bonds is 3. The summed E-state index contributed by atoms with van der Waals surface area (Å²) < 4.78 is 0.831. The number of nitrogens with zero attached hydrogens (tertiary/aromatic N) is 2. The van der Waals surface area contributed by atoms with Crippen molar-refractivity contribution in [2.75, 3.05) is 5.32 Å². The van der Waals surface area contributed by atoms with Crippen molar-refractivity contribution in [3.05, 3.63) is 16.0 Å². The molecule has 0 aliphatic carbocycles. The van der Waals surface area contributed by atoms with Crippen LogP contribution in [-0.2, 0) is 0 Å². The molecule has 1 heterocycles. The molecule has 3 nitrogen and oxygen atoms in total. The van der Waals surface area contributed by atoms with E-state index in [1.165, 1.54) is 0 Å². The highest BCUT2D eigenvalue weighted by Gasteiger charge is 2.05. The summed E-state index contributed by atoms with van der Waals surface area (Å²) in [6, 6.07) is 0.377. The Morgan fingerprint density at radius 1 is 1.69 bits per heavy atom. The minimum Gasteiger partial charge on any atom is -0.367 e. The fraction of sp³-hybridized carbons (Fsp3) is 0.500. The SMILES string of the molecule is CCC(C)Nc1nc(Cl)ncc1Br. The molecule has 1 rings (SSSR count). The number of anilines is 1. The van der Waals surface area contributed by atoms with Gasteiger partial charge >= 0.3 is 0 Å². The van der Waals surface area contributed by atoms with Gasteiger partial charge in [-0.3, -0.25) is 0 Å². The molecule has 1 N–H and O–H groups in total. The van der Waals surface area contributed by atoms with Gasteiger partial charge in [0.1, 0.15) is 5.82 Å². The summed E-state index contributed by atoms with van der Waals surface area (Å²) in [5.41, 5.74) is 0. The summed E-state index contributed by atoms with van der Waals surface area (Å²) in [4.78, 5) is 7.90. The summed E-state index contributed by atoms with van der Waals surface area (Å²) in [5.74, 6) is 0.745. The van der Waals surface area contributed by atoms with E-state index in [0.717, 1.165) is 16.7 Å². The quantitative estimate of drug-likeness (QED) is 0.853. The molecule has 0 bridgehead atoms. The van der Waals surface area contributed by atoms with Crippen LogP contribution >= 0.6 is 27.5 Å². The molecular formula is C8H11BrClN3. The second-order valence-electron chi connectivity index (χ2n) is 2.79. The zero-order valence-corrected chi connectivity index (χ0v) is 9.85. The van der Waals surface area contributed by atoms with Gasteiger partial charge < -0.3 is 5.32 Å². The summed E-state index contributed by atoms with van der Waals surface area (Å²) in [7, 11) is 0. The molecule has 0 spiro atoms. The molecule has 1 atom stereocenters. The lowest BCUT2D eigenvalue weighted by Crippen LogP contribution is -2.15. The maximum Gasteiger partial charge on any atom is 0.224 e. The highest BCUT2D eigenvalue weighted by atomic mass is 79.9. The van der Waals surface area contributed by atoms with Crippen molar-refractivity contribution in [3.8, 4) is 0 Å². The van der Waals surface area contributed by atoms with Gasteiger partial charge in [0.25, 0.3) is 0 Å². The lowest BCUT2D eigenvalue weighted by atomic mass is 10.2. The van der Waals surface area contributed by atoms with E-state index in [-0.39, 0.29) is 5.28 Å². The topological polar surface area (TPSA) is 37.8 Å². The Hall–Kier alpha value is -0.350. The second kappa shape index (κ2) is 4.77. The number of halogens is 2. The lowest BCUT2D eigenvalue weighted by molar-refractivity contribution is 0.757. The van der Waals surface area contributed by atoms with Crippen LogP contribution in [0.5, 0.6) is 0 Å². The van der Waals surface area contributed by atoms with E-state index in [4.69, 9.17) is 11.6 Å². The second-order valence-corrected chi connectivity index (χ2v) is 3.98. The fourth-order valence-electron chi connectivity index (χ4n) is 0.782. The van der Waals surface area contributed by atoms with Crippen LogP contribution in [-0.4, -0.2) is 16.0 Å². The standard InChI is InChI=1S/C8H11BrClN3/c1-3-5(2)12-7-6(9)4-11-8(10)13-7/h4-5H,3H2,1-2H3,(H,11,12,13). The van der Waals surface area contributed by atoms with E-state index < -0.39 is 0 Å². The minimum atomic E-state index is 0.258. The van der Waals surface area contributed by atoms with Crippen LogP contribution in [0, 0.1) is 0 Å². The Kier molecular flexibility index (Phi) is 3.93. The summed E-state index contributed by atoms with van der Waals surface area (Å²) >= 11 is 9.00. The summed E-state index contributed by atoms with van der Waals surface area (Å²) in [6.45, 7) is 4.19. The number of hydrogen-bond donors (Lipinski definition) is 1. The van der Waals surface area contributed by atoms with Crippen LogP contribution in [0.15, 0.2) is 10.7 Å². The number of nitrogens with one attached hydrogen (secondary N) is 1. The lowest BCUT2D eigenvalue weighted by Gasteiger charge is -2.12. The van der Waals surface area contributed by atoms with Gasteiger partial charge in [-0.25, -0.2) is 4.98 Å². The molecule has 0 aliphatic heterocycles. The predicted molar refractivity (Wildman–Crippen MR) is 58.1 cm³/mol. The van der Waals surface area contributed by atoms with Gasteiger partial charge in [-0.15, -0.1) is 0 Å². The average Bonchev–Trinajstić information content (AvgIpc) is 2.11. The van der Waals surface area contributed by atoms with Crippen LogP contribution in [0.25, 0.3) is 0 Å². The van der Waals surface area contributed by atoms with E-state index >= 15 is 0 Å². The van der Waals surface area contributed by atoms with Crippen LogP contribution in [0.2, 0.25) is 5.28 Å². The molecule has 0 aromatic carbocycles. The molecular weight excluding hydrogens is 253 g/mol. The third-order valence-corrected chi connectivity index (χ3v) is 2.47. The van der Waals surface area contributed by atoms with Crippen LogP contribution < -0.4 is 5.32 Å². The van der Waals surface area contributed by atoms with Crippen molar-refractivity contribution in [2.45, 2.75) is 26.3 Å². The first-order valence-electron chi connectivity index (χ1n) is 4.08. The maximum atomic E-state index is 5.66. The monoisotopic (exact) mass is 263 g/mol. The van der Waals surface area contributed by atoms with Gasteiger partial charge in [0.2, 0.25) is 5.28 Å². The zero-order chi connectivity index (χ0) is 9.84. The Bertz CT molecular complexity index is 293. The molecule has 0 aliphatic rings. The fourth-order valence-corrected chi connectivity index (χ4v) is 1.22. The largest absolute Gasteiger partial charge is 0.367 e. The molecule has 1 aromatic rings. The Morgan fingerprint density at radius 2 is 2.38 bits per heavy atom. The first-order valence-corrected chi connectivity index (χ1v) is 5.25. The molecule has 0 radical (unpaired) electrons. The number of hydrogen-bond acceptors (Lipinski definition) is 3. The minimum absolute atomic E-state index is 0.258. The van der Waals surface area contributed by atoms with E-state index in [1.807, 2.05) is 0 Å². The Labute approximate surface area is 91.1 Å². The van der Waals surface area contributed by atoms with E-state index in [0.29, 0.717) is 6.04 Å². The van der Waals surface area contributed by atoms with E-state index in [1.54, 1.807) is 6.20 Å². The van der Waals surface area contributed by atoms with Gasteiger partial charge in [-0.05, 0) is 40.9 Å². The van der Waals surface area contributed by atoms with Gasteiger partial charge in [0.05, 0.1) is 4.47 Å². The molecule has 0 fully saturated rings. The summed E-state index contributed by atoms with van der Waals surface area (Å²) in [5, 5.41) is 3.48. The number of aromatic nitrogens is 2. The molecule has 72 valence electrons. The third kappa shape index (κ3) is 3.12. The van der Waals surface area contributed by atoms with E-state index in [2.05, 4.69) is 45.1 Å². The molecule has 0 amide bonds. The highest BCUT2D eigenvalue weighted by Crippen LogP contribution is 2.20. The van der Waals surface area contributed by atoms with Crippen molar-refractivity contribution in [2.24, 2.45) is 0 Å². The van der Waals surface area contributed by atoms with Crippen molar-refractivity contribution in [1.82, 2.24) is 9.97 Å². The predicted octanol–water partition coefficient (Wildman–Crippen LogP) is 3.10. The Morgan fingerprint density at radius 3 is 3.00 bits per heavy atom. The molecule has 1 aromatic heterocycles. The van der Waals surface area contributed by atoms with Crippen LogP contribution in [0.3, 0.4) is 0 Å². The van der Waals surface area contributed by atoms with Crippen molar-refractivity contribution in [1.29, 1.82) is 0 Å². The normalized spacial score (nSPS) is 12.6. The third-order valence-electron chi connectivity index (χ3n) is 1.71. The van der Waals surface area contributed by atoms with Crippen LogP contribution in [0.1, 0.15) is 20.3 Å². The van der Waals surface area contributed by atoms with Crippen molar-refractivity contribution >= 4 is 33.3 Å². The van der Waals surface area contributed by atoms with Crippen molar-refractivity contribution in [3.63, 3.8) is 0 Å². The average molecular weight is 265 g/mol.